The van der Waals surface area contributed by atoms with Crippen molar-refractivity contribution in [1.29, 1.82) is 0 Å². The summed E-state index contributed by atoms with van der Waals surface area (Å²) < 4.78 is 0. The van der Waals surface area contributed by atoms with Crippen molar-refractivity contribution in [2.24, 2.45) is 5.92 Å². The number of hydrogen-bond acceptors (Lipinski definition) is 1. The fraction of sp³-hybridized carbons (Fsp3) is 0.444. The van der Waals surface area contributed by atoms with Gasteiger partial charge in [-0.3, -0.25) is 4.79 Å². The average molecular weight is 152 g/mol. The van der Waals surface area contributed by atoms with E-state index in [0.717, 1.165) is 17.6 Å². The Morgan fingerprint density at radius 1 is 1.45 bits per heavy atom. The van der Waals surface area contributed by atoms with Crippen molar-refractivity contribution < 1.29 is 9.90 Å². The van der Waals surface area contributed by atoms with Crippen molar-refractivity contribution >= 4 is 5.97 Å². The molecule has 0 radical (unpaired) electrons. The van der Waals surface area contributed by atoms with E-state index in [-0.39, 0.29) is 0 Å². The first kappa shape index (κ1) is 8.05. The van der Waals surface area contributed by atoms with E-state index in [1.165, 1.54) is 0 Å². The van der Waals surface area contributed by atoms with Crippen LogP contribution >= 0.6 is 0 Å². The molecular weight excluding hydrogens is 140 g/mol. The minimum absolute atomic E-state index is 0.399. The molecule has 0 spiro atoms. The zero-order valence-electron chi connectivity index (χ0n) is 6.79. The van der Waals surface area contributed by atoms with E-state index in [0.29, 0.717) is 0 Å². The molecule has 0 fully saturated rings. The monoisotopic (exact) mass is 152 g/mol. The quantitative estimate of drug-likeness (QED) is 0.583. The molecule has 2 heteroatoms. The van der Waals surface area contributed by atoms with Gasteiger partial charge in [0.25, 0.3) is 0 Å². The lowest BCUT2D eigenvalue weighted by Crippen LogP contribution is -2.11. The van der Waals surface area contributed by atoms with Gasteiger partial charge in [0.1, 0.15) is 0 Å². The summed E-state index contributed by atoms with van der Waals surface area (Å²) >= 11 is 0. The minimum Gasteiger partial charge on any atom is -0.481 e. The number of aliphatic carboxylic acids is 1. The van der Waals surface area contributed by atoms with Crippen LogP contribution in [0.25, 0.3) is 0 Å². The maximum atomic E-state index is 10.6. The van der Waals surface area contributed by atoms with Gasteiger partial charge in [-0.1, -0.05) is 23.3 Å². The van der Waals surface area contributed by atoms with Crippen LogP contribution in [-0.2, 0) is 4.79 Å². The third kappa shape index (κ3) is 1.93. The second kappa shape index (κ2) is 2.91. The molecule has 1 N–H and O–H groups in total. The van der Waals surface area contributed by atoms with Gasteiger partial charge in [0.05, 0.1) is 5.92 Å². The summed E-state index contributed by atoms with van der Waals surface area (Å²) in [5, 5.41) is 8.68. The maximum Gasteiger partial charge on any atom is 0.314 e. The summed E-state index contributed by atoms with van der Waals surface area (Å²) in [6, 6.07) is 0. The van der Waals surface area contributed by atoms with Gasteiger partial charge in [0.2, 0.25) is 0 Å². The lowest BCUT2D eigenvalue weighted by atomic mass is 9.93. The molecule has 0 heterocycles. The van der Waals surface area contributed by atoms with Crippen LogP contribution in [0.4, 0.5) is 0 Å². The molecule has 0 saturated heterocycles. The molecule has 0 aromatic rings. The fourth-order valence-electron chi connectivity index (χ4n) is 1.36. The molecule has 0 aromatic heterocycles. The molecule has 0 bridgehead atoms. The van der Waals surface area contributed by atoms with Crippen LogP contribution in [0.1, 0.15) is 20.3 Å². The molecule has 0 saturated carbocycles. The highest BCUT2D eigenvalue weighted by atomic mass is 16.4. The summed E-state index contributed by atoms with van der Waals surface area (Å²) in [6.45, 7) is 3.93. The molecule has 1 aliphatic carbocycles. The van der Waals surface area contributed by atoms with E-state index in [1.54, 1.807) is 12.2 Å². The Kier molecular flexibility index (Phi) is 2.13. The molecule has 60 valence electrons. The predicted molar refractivity (Wildman–Crippen MR) is 43.3 cm³/mol. The van der Waals surface area contributed by atoms with Crippen LogP contribution in [0.5, 0.6) is 0 Å². The van der Waals surface area contributed by atoms with Crippen LogP contribution in [0, 0.1) is 5.92 Å². The van der Waals surface area contributed by atoms with Crippen LogP contribution in [-0.4, -0.2) is 11.1 Å². The standard InChI is InChI=1S/C9H12O2/c1-6-3-7(2)5-8(4-6)9(10)11/h4-5,8H,3H2,1-2H3,(H,10,11). The number of carboxylic acids is 1. The molecule has 0 amide bonds. The van der Waals surface area contributed by atoms with Gasteiger partial charge in [-0.05, 0) is 20.3 Å². The molecule has 2 nitrogen and oxygen atoms in total. The first-order valence-corrected chi connectivity index (χ1v) is 3.67. The van der Waals surface area contributed by atoms with Crippen molar-refractivity contribution in [2.45, 2.75) is 20.3 Å². The van der Waals surface area contributed by atoms with Gasteiger partial charge >= 0.3 is 5.97 Å². The van der Waals surface area contributed by atoms with Crippen molar-refractivity contribution in [2.75, 3.05) is 0 Å². The molecule has 0 atom stereocenters. The molecular formula is C9H12O2. The van der Waals surface area contributed by atoms with E-state index < -0.39 is 11.9 Å². The Morgan fingerprint density at radius 2 is 1.91 bits per heavy atom. The topological polar surface area (TPSA) is 37.3 Å². The average Bonchev–Trinajstić information content (AvgIpc) is 1.85. The van der Waals surface area contributed by atoms with Crippen molar-refractivity contribution in [1.82, 2.24) is 0 Å². The van der Waals surface area contributed by atoms with Gasteiger partial charge in [0, 0.05) is 0 Å². The summed E-state index contributed by atoms with van der Waals surface area (Å²) in [4.78, 5) is 10.6. The van der Waals surface area contributed by atoms with Gasteiger partial charge in [-0.25, -0.2) is 0 Å². The molecule has 1 rings (SSSR count). The van der Waals surface area contributed by atoms with E-state index in [1.807, 2.05) is 13.8 Å². The number of rotatable bonds is 1. The Balaban J connectivity index is 2.81. The Morgan fingerprint density at radius 3 is 2.27 bits per heavy atom. The molecule has 0 unspecified atom stereocenters. The van der Waals surface area contributed by atoms with Gasteiger partial charge in [-0.15, -0.1) is 0 Å². The largest absolute Gasteiger partial charge is 0.481 e. The van der Waals surface area contributed by atoms with E-state index in [9.17, 15) is 4.79 Å². The second-order valence-electron chi connectivity index (χ2n) is 3.07. The zero-order chi connectivity index (χ0) is 8.43. The summed E-state index contributed by atoms with van der Waals surface area (Å²) in [7, 11) is 0. The highest BCUT2D eigenvalue weighted by molar-refractivity contribution is 5.75. The number of carbonyl (C=O) groups is 1. The lowest BCUT2D eigenvalue weighted by Gasteiger charge is -2.13. The highest BCUT2D eigenvalue weighted by Crippen LogP contribution is 2.21. The fourth-order valence-corrected chi connectivity index (χ4v) is 1.36. The SMILES string of the molecule is CC1=CC(C(=O)O)C=C(C)C1. The van der Waals surface area contributed by atoms with Gasteiger partial charge < -0.3 is 5.11 Å². The Labute approximate surface area is 66.2 Å². The first-order valence-electron chi connectivity index (χ1n) is 3.67. The summed E-state index contributed by atoms with van der Waals surface area (Å²) in [5.41, 5.74) is 2.30. The van der Waals surface area contributed by atoms with E-state index >= 15 is 0 Å². The van der Waals surface area contributed by atoms with E-state index in [2.05, 4.69) is 0 Å². The van der Waals surface area contributed by atoms with Crippen molar-refractivity contribution in [3.63, 3.8) is 0 Å². The molecule has 11 heavy (non-hydrogen) atoms. The first-order chi connectivity index (χ1) is 5.09. The highest BCUT2D eigenvalue weighted by Gasteiger charge is 2.15. The van der Waals surface area contributed by atoms with Crippen LogP contribution in [0.2, 0.25) is 0 Å². The number of allylic oxidation sites excluding steroid dienone is 2. The van der Waals surface area contributed by atoms with E-state index in [4.69, 9.17) is 5.11 Å². The maximum absolute atomic E-state index is 10.6. The van der Waals surface area contributed by atoms with Crippen molar-refractivity contribution in [3.8, 4) is 0 Å². The zero-order valence-corrected chi connectivity index (χ0v) is 6.79. The van der Waals surface area contributed by atoms with Crippen LogP contribution in [0.15, 0.2) is 23.3 Å². The second-order valence-corrected chi connectivity index (χ2v) is 3.07. The third-order valence-electron chi connectivity index (χ3n) is 1.77. The third-order valence-corrected chi connectivity index (χ3v) is 1.77. The molecule has 1 aliphatic rings. The molecule has 0 aromatic carbocycles. The number of carboxylic acid groups (broad SMARTS) is 1. The van der Waals surface area contributed by atoms with Gasteiger partial charge in [-0.2, -0.15) is 0 Å². The smallest absolute Gasteiger partial charge is 0.314 e. The van der Waals surface area contributed by atoms with Crippen molar-refractivity contribution in [3.05, 3.63) is 23.3 Å². The normalized spacial score (nSPS) is 19.1. The molecule has 0 aliphatic heterocycles. The van der Waals surface area contributed by atoms with Gasteiger partial charge in [0.15, 0.2) is 0 Å². The Bertz CT molecular complexity index is 218. The number of hydrogen-bond donors (Lipinski definition) is 1. The lowest BCUT2D eigenvalue weighted by molar-refractivity contribution is -0.138. The van der Waals surface area contributed by atoms with Crippen LogP contribution in [0.3, 0.4) is 0 Å². The summed E-state index contributed by atoms with van der Waals surface area (Å²) in [5.74, 6) is -1.16. The summed E-state index contributed by atoms with van der Waals surface area (Å²) in [6.07, 6.45) is 4.52. The predicted octanol–water partition coefficient (Wildman–Crippen LogP) is 1.98. The van der Waals surface area contributed by atoms with Crippen LogP contribution < -0.4 is 0 Å². The minimum atomic E-state index is -0.761. The Hall–Kier alpha value is -1.05.